The van der Waals surface area contributed by atoms with Crippen LogP contribution in [-0.2, 0) is 4.74 Å². The normalized spacial score (nSPS) is 16.7. The van der Waals surface area contributed by atoms with Gasteiger partial charge in [-0.05, 0) is 0 Å². The molecule has 2 rings (SSSR count). The van der Waals surface area contributed by atoms with Crippen molar-refractivity contribution in [3.63, 3.8) is 0 Å². The van der Waals surface area contributed by atoms with Gasteiger partial charge in [0.1, 0.15) is 5.69 Å². The lowest BCUT2D eigenvalue weighted by Crippen LogP contribution is -2.41. The van der Waals surface area contributed by atoms with E-state index in [9.17, 15) is 4.79 Å². The van der Waals surface area contributed by atoms with E-state index in [2.05, 4.69) is 20.2 Å². The monoisotopic (exact) mass is 236 g/mol. The van der Waals surface area contributed by atoms with Gasteiger partial charge in [0.05, 0.1) is 19.4 Å². The minimum Gasteiger partial charge on any atom is -0.379 e. The number of rotatable bonds is 4. The van der Waals surface area contributed by atoms with Gasteiger partial charge in [0.15, 0.2) is 0 Å². The lowest BCUT2D eigenvalue weighted by Gasteiger charge is -2.26. The van der Waals surface area contributed by atoms with E-state index in [0.717, 1.165) is 32.8 Å². The second-order valence-corrected chi connectivity index (χ2v) is 3.80. The van der Waals surface area contributed by atoms with Crippen LogP contribution in [0.5, 0.6) is 0 Å². The van der Waals surface area contributed by atoms with Gasteiger partial charge in [0.25, 0.3) is 5.91 Å². The minimum absolute atomic E-state index is 0.175. The molecule has 0 unspecified atom stereocenters. The molecule has 0 atom stereocenters. The average molecular weight is 236 g/mol. The summed E-state index contributed by atoms with van der Waals surface area (Å²) in [7, 11) is 0. The maximum atomic E-state index is 11.6. The zero-order valence-electron chi connectivity index (χ0n) is 9.63. The SMILES string of the molecule is O=C(NCCN1CCOCC1)c1cnccn1. The van der Waals surface area contributed by atoms with Gasteiger partial charge in [-0.2, -0.15) is 0 Å². The first-order valence-electron chi connectivity index (χ1n) is 5.70. The van der Waals surface area contributed by atoms with Crippen LogP contribution in [-0.4, -0.2) is 60.2 Å². The van der Waals surface area contributed by atoms with E-state index in [-0.39, 0.29) is 5.91 Å². The lowest BCUT2D eigenvalue weighted by molar-refractivity contribution is 0.0383. The Morgan fingerprint density at radius 3 is 2.94 bits per heavy atom. The van der Waals surface area contributed by atoms with E-state index >= 15 is 0 Å². The van der Waals surface area contributed by atoms with Crippen LogP contribution in [0, 0.1) is 0 Å². The highest BCUT2D eigenvalue weighted by Gasteiger charge is 2.11. The Labute approximate surface area is 100 Å². The molecule has 0 radical (unpaired) electrons. The van der Waals surface area contributed by atoms with Crippen molar-refractivity contribution in [3.8, 4) is 0 Å². The Kier molecular flexibility index (Phi) is 4.40. The second-order valence-electron chi connectivity index (χ2n) is 3.80. The highest BCUT2D eigenvalue weighted by Crippen LogP contribution is 1.95. The topological polar surface area (TPSA) is 67.4 Å². The van der Waals surface area contributed by atoms with Gasteiger partial charge < -0.3 is 10.1 Å². The first-order valence-corrected chi connectivity index (χ1v) is 5.70. The summed E-state index contributed by atoms with van der Waals surface area (Å²) in [5.74, 6) is -0.175. The Morgan fingerprint density at radius 1 is 1.41 bits per heavy atom. The first-order chi connectivity index (χ1) is 8.36. The van der Waals surface area contributed by atoms with Crippen molar-refractivity contribution in [2.45, 2.75) is 0 Å². The van der Waals surface area contributed by atoms with Crippen LogP contribution in [0.25, 0.3) is 0 Å². The molecule has 1 amide bonds. The number of hydrogen-bond donors (Lipinski definition) is 1. The lowest BCUT2D eigenvalue weighted by atomic mass is 10.4. The Morgan fingerprint density at radius 2 is 2.24 bits per heavy atom. The summed E-state index contributed by atoms with van der Waals surface area (Å²) in [5.41, 5.74) is 0.356. The summed E-state index contributed by atoms with van der Waals surface area (Å²) in [6.07, 6.45) is 4.52. The maximum Gasteiger partial charge on any atom is 0.271 e. The zero-order chi connectivity index (χ0) is 11.9. The van der Waals surface area contributed by atoms with Crippen molar-refractivity contribution in [2.24, 2.45) is 0 Å². The molecular formula is C11H16N4O2. The smallest absolute Gasteiger partial charge is 0.271 e. The molecule has 6 nitrogen and oxygen atoms in total. The number of nitrogens with one attached hydrogen (secondary N) is 1. The molecule has 1 aromatic rings. The third-order valence-electron chi connectivity index (χ3n) is 2.61. The maximum absolute atomic E-state index is 11.6. The summed E-state index contributed by atoms with van der Waals surface area (Å²) in [6, 6.07) is 0. The van der Waals surface area contributed by atoms with Crippen molar-refractivity contribution < 1.29 is 9.53 Å². The van der Waals surface area contributed by atoms with Crippen molar-refractivity contribution in [2.75, 3.05) is 39.4 Å². The molecular weight excluding hydrogens is 220 g/mol. The fraction of sp³-hybridized carbons (Fsp3) is 0.545. The number of amides is 1. The molecule has 0 saturated carbocycles. The molecule has 6 heteroatoms. The highest BCUT2D eigenvalue weighted by atomic mass is 16.5. The van der Waals surface area contributed by atoms with Crippen molar-refractivity contribution in [1.82, 2.24) is 20.2 Å². The molecule has 1 N–H and O–H groups in total. The van der Waals surface area contributed by atoms with E-state index in [1.165, 1.54) is 12.4 Å². The third-order valence-corrected chi connectivity index (χ3v) is 2.61. The molecule has 17 heavy (non-hydrogen) atoms. The quantitative estimate of drug-likeness (QED) is 0.766. The number of carbonyl (C=O) groups excluding carboxylic acids is 1. The van der Waals surface area contributed by atoms with E-state index in [1.54, 1.807) is 6.20 Å². The van der Waals surface area contributed by atoms with Crippen molar-refractivity contribution in [3.05, 3.63) is 24.3 Å². The van der Waals surface area contributed by atoms with Gasteiger partial charge >= 0.3 is 0 Å². The first kappa shape index (κ1) is 11.9. The fourth-order valence-corrected chi connectivity index (χ4v) is 1.66. The summed E-state index contributed by atoms with van der Waals surface area (Å²) < 4.78 is 5.25. The number of ether oxygens (including phenoxy) is 1. The molecule has 0 bridgehead atoms. The third kappa shape index (κ3) is 3.76. The molecule has 0 aromatic carbocycles. The van der Waals surface area contributed by atoms with Gasteiger partial charge in [0.2, 0.25) is 0 Å². The Balaban J connectivity index is 1.69. The Hall–Kier alpha value is -1.53. The summed E-state index contributed by atoms with van der Waals surface area (Å²) in [6.45, 7) is 4.88. The van der Waals surface area contributed by atoms with Gasteiger partial charge in [-0.3, -0.25) is 14.7 Å². The largest absolute Gasteiger partial charge is 0.379 e. The van der Waals surface area contributed by atoms with E-state index in [1.807, 2.05) is 0 Å². The molecule has 1 saturated heterocycles. The van der Waals surface area contributed by atoms with E-state index in [0.29, 0.717) is 12.2 Å². The van der Waals surface area contributed by atoms with Gasteiger partial charge in [0, 0.05) is 38.6 Å². The average Bonchev–Trinajstić information content (AvgIpc) is 2.41. The van der Waals surface area contributed by atoms with Crippen LogP contribution in [0.2, 0.25) is 0 Å². The number of aromatic nitrogens is 2. The van der Waals surface area contributed by atoms with Crippen LogP contribution >= 0.6 is 0 Å². The number of carbonyl (C=O) groups is 1. The molecule has 1 aliphatic heterocycles. The number of morpholine rings is 1. The van der Waals surface area contributed by atoms with Gasteiger partial charge in [-0.15, -0.1) is 0 Å². The predicted octanol–water partition coefficient (Wildman–Crippen LogP) is -0.461. The van der Waals surface area contributed by atoms with Crippen LogP contribution in [0.3, 0.4) is 0 Å². The number of hydrogen-bond acceptors (Lipinski definition) is 5. The van der Waals surface area contributed by atoms with Crippen LogP contribution in [0.4, 0.5) is 0 Å². The molecule has 2 heterocycles. The summed E-state index contributed by atoms with van der Waals surface area (Å²) in [5, 5.41) is 2.82. The fourth-order valence-electron chi connectivity index (χ4n) is 1.66. The molecule has 1 aromatic heterocycles. The predicted molar refractivity (Wildman–Crippen MR) is 61.6 cm³/mol. The standard InChI is InChI=1S/C11H16N4O2/c16-11(10-9-12-1-2-13-10)14-3-4-15-5-7-17-8-6-15/h1-2,9H,3-8H2,(H,14,16). The molecule has 92 valence electrons. The summed E-state index contributed by atoms with van der Waals surface area (Å²) in [4.78, 5) is 21.7. The van der Waals surface area contributed by atoms with Crippen LogP contribution in [0.1, 0.15) is 10.5 Å². The van der Waals surface area contributed by atoms with Crippen molar-refractivity contribution >= 4 is 5.91 Å². The summed E-state index contributed by atoms with van der Waals surface area (Å²) >= 11 is 0. The Bertz CT molecular complexity index is 352. The van der Waals surface area contributed by atoms with Crippen molar-refractivity contribution in [1.29, 1.82) is 0 Å². The molecule has 1 fully saturated rings. The molecule has 0 spiro atoms. The van der Waals surface area contributed by atoms with E-state index in [4.69, 9.17) is 4.74 Å². The molecule has 1 aliphatic rings. The van der Waals surface area contributed by atoms with E-state index < -0.39 is 0 Å². The van der Waals surface area contributed by atoms with Crippen LogP contribution in [0.15, 0.2) is 18.6 Å². The van der Waals surface area contributed by atoms with Gasteiger partial charge in [-0.1, -0.05) is 0 Å². The zero-order valence-corrected chi connectivity index (χ0v) is 9.63. The molecule has 0 aliphatic carbocycles. The van der Waals surface area contributed by atoms with Crippen LogP contribution < -0.4 is 5.32 Å². The van der Waals surface area contributed by atoms with Gasteiger partial charge in [-0.25, -0.2) is 4.98 Å². The minimum atomic E-state index is -0.175. The highest BCUT2D eigenvalue weighted by molar-refractivity contribution is 5.91. The number of nitrogens with zero attached hydrogens (tertiary/aromatic N) is 3. The second kappa shape index (κ2) is 6.27.